The van der Waals surface area contributed by atoms with Crippen molar-refractivity contribution in [2.75, 3.05) is 20.3 Å². The largest absolute Gasteiger partial charge is 0.447 e. The van der Waals surface area contributed by atoms with Crippen molar-refractivity contribution < 1.29 is 17.6 Å². The van der Waals surface area contributed by atoms with E-state index in [4.69, 9.17) is 14.3 Å². The number of nitrogens with two attached hydrogens (primary N) is 1. The zero-order valence-corrected chi connectivity index (χ0v) is 10.8. The van der Waals surface area contributed by atoms with Gasteiger partial charge in [-0.25, -0.2) is 13.6 Å². The maximum Gasteiger partial charge on any atom is 0.271 e. The molecule has 1 aromatic rings. The predicted molar refractivity (Wildman–Crippen MR) is 62.8 cm³/mol. The summed E-state index contributed by atoms with van der Waals surface area (Å²) in [6, 6.07) is 2.94. The van der Waals surface area contributed by atoms with Crippen LogP contribution in [-0.2, 0) is 21.3 Å². The minimum atomic E-state index is -3.75. The van der Waals surface area contributed by atoms with Crippen molar-refractivity contribution in [3.63, 3.8) is 0 Å². The summed E-state index contributed by atoms with van der Waals surface area (Å²) in [5, 5.41) is 7.86. The second-order valence-electron chi connectivity index (χ2n) is 3.96. The van der Waals surface area contributed by atoms with Gasteiger partial charge in [0.1, 0.15) is 5.76 Å². The van der Waals surface area contributed by atoms with Gasteiger partial charge in [-0.05, 0) is 18.1 Å². The Labute approximate surface area is 101 Å². The molecule has 0 saturated heterocycles. The molecule has 7 heteroatoms. The van der Waals surface area contributed by atoms with Gasteiger partial charge in [-0.2, -0.15) is 0 Å². The van der Waals surface area contributed by atoms with Crippen molar-refractivity contribution in [3.8, 4) is 0 Å². The molecule has 3 N–H and O–H groups in total. The molecule has 0 aliphatic heterocycles. The third-order valence-corrected chi connectivity index (χ3v) is 2.94. The number of sulfonamides is 1. The maximum absolute atomic E-state index is 11.0. The lowest BCUT2D eigenvalue weighted by Gasteiger charge is -2.10. The van der Waals surface area contributed by atoms with Crippen molar-refractivity contribution in [2.24, 2.45) is 11.1 Å². The first kappa shape index (κ1) is 14.2. The molecule has 1 heterocycles. The van der Waals surface area contributed by atoms with E-state index in [0.29, 0.717) is 24.8 Å². The van der Waals surface area contributed by atoms with Crippen molar-refractivity contribution in [1.82, 2.24) is 5.32 Å². The summed E-state index contributed by atoms with van der Waals surface area (Å²) in [6.07, 6.45) is 0. The predicted octanol–water partition coefficient (Wildman–Crippen LogP) is 0.299. The molecule has 1 unspecified atom stereocenters. The molecule has 0 fully saturated rings. The van der Waals surface area contributed by atoms with Gasteiger partial charge >= 0.3 is 0 Å². The minimum Gasteiger partial charge on any atom is -0.447 e. The van der Waals surface area contributed by atoms with Crippen LogP contribution in [0.25, 0.3) is 0 Å². The molecule has 1 atom stereocenters. The van der Waals surface area contributed by atoms with E-state index in [1.54, 1.807) is 13.2 Å². The van der Waals surface area contributed by atoms with Gasteiger partial charge < -0.3 is 14.5 Å². The van der Waals surface area contributed by atoms with Gasteiger partial charge in [0.15, 0.2) is 0 Å². The van der Waals surface area contributed by atoms with Crippen LogP contribution in [0.3, 0.4) is 0 Å². The average molecular weight is 262 g/mol. The van der Waals surface area contributed by atoms with E-state index in [1.807, 2.05) is 0 Å². The van der Waals surface area contributed by atoms with Crippen molar-refractivity contribution in [3.05, 3.63) is 17.9 Å². The average Bonchev–Trinajstić information content (AvgIpc) is 2.66. The third kappa shape index (κ3) is 4.86. The van der Waals surface area contributed by atoms with Crippen LogP contribution in [-0.4, -0.2) is 28.7 Å². The SMILES string of the molecule is COCC(C)CNCc1ccc(S(N)(=O)=O)o1. The van der Waals surface area contributed by atoms with Gasteiger partial charge in [0.25, 0.3) is 10.0 Å². The minimum absolute atomic E-state index is 0.209. The molecule has 0 amide bonds. The number of methoxy groups -OCH3 is 1. The summed E-state index contributed by atoms with van der Waals surface area (Å²) in [7, 11) is -2.09. The van der Waals surface area contributed by atoms with E-state index in [-0.39, 0.29) is 5.09 Å². The van der Waals surface area contributed by atoms with E-state index in [0.717, 1.165) is 6.54 Å². The standard InChI is InChI=1S/C10H18N2O4S/c1-8(7-15-2)5-12-6-9-3-4-10(16-9)17(11,13)14/h3-4,8,12H,5-7H2,1-2H3,(H2,11,13,14). The Kier molecular flexibility index (Phi) is 5.13. The van der Waals surface area contributed by atoms with Gasteiger partial charge in [0.2, 0.25) is 5.09 Å². The number of hydrogen-bond acceptors (Lipinski definition) is 5. The zero-order valence-electron chi connectivity index (χ0n) is 9.97. The van der Waals surface area contributed by atoms with E-state index in [1.165, 1.54) is 6.07 Å². The Morgan fingerprint density at radius 3 is 2.76 bits per heavy atom. The van der Waals surface area contributed by atoms with Crippen LogP contribution in [0.5, 0.6) is 0 Å². The highest BCUT2D eigenvalue weighted by atomic mass is 32.2. The summed E-state index contributed by atoms with van der Waals surface area (Å²) in [4.78, 5) is 0. The molecule has 0 bridgehead atoms. The molecule has 0 radical (unpaired) electrons. The van der Waals surface area contributed by atoms with E-state index in [2.05, 4.69) is 12.2 Å². The van der Waals surface area contributed by atoms with Crippen LogP contribution in [0.1, 0.15) is 12.7 Å². The second-order valence-corrected chi connectivity index (χ2v) is 5.45. The quantitative estimate of drug-likeness (QED) is 0.737. The Morgan fingerprint density at radius 1 is 1.53 bits per heavy atom. The van der Waals surface area contributed by atoms with Gasteiger partial charge in [-0.3, -0.25) is 0 Å². The van der Waals surface area contributed by atoms with Crippen LogP contribution < -0.4 is 10.5 Å². The van der Waals surface area contributed by atoms with Crippen LogP contribution in [0, 0.1) is 5.92 Å². The summed E-state index contributed by atoms with van der Waals surface area (Å²) >= 11 is 0. The Morgan fingerprint density at radius 2 is 2.24 bits per heavy atom. The van der Waals surface area contributed by atoms with Crippen molar-refractivity contribution in [2.45, 2.75) is 18.6 Å². The molecule has 0 aliphatic carbocycles. The van der Waals surface area contributed by atoms with Crippen LogP contribution in [0.4, 0.5) is 0 Å². The fourth-order valence-corrected chi connectivity index (χ4v) is 1.87. The lowest BCUT2D eigenvalue weighted by molar-refractivity contribution is 0.158. The number of nitrogens with one attached hydrogen (secondary N) is 1. The second kappa shape index (κ2) is 6.15. The highest BCUT2D eigenvalue weighted by molar-refractivity contribution is 7.89. The van der Waals surface area contributed by atoms with Crippen LogP contribution in [0.15, 0.2) is 21.6 Å². The van der Waals surface area contributed by atoms with E-state index < -0.39 is 10.0 Å². The van der Waals surface area contributed by atoms with Gasteiger partial charge in [-0.1, -0.05) is 6.92 Å². The zero-order chi connectivity index (χ0) is 12.9. The van der Waals surface area contributed by atoms with Crippen molar-refractivity contribution in [1.29, 1.82) is 0 Å². The number of rotatable bonds is 7. The maximum atomic E-state index is 11.0. The van der Waals surface area contributed by atoms with Crippen LogP contribution in [0.2, 0.25) is 0 Å². The molecule has 98 valence electrons. The molecule has 1 aromatic heterocycles. The first-order valence-corrected chi connectivity index (χ1v) is 6.79. The summed E-state index contributed by atoms with van der Waals surface area (Å²) < 4.78 is 32.0. The monoisotopic (exact) mass is 262 g/mol. The molecular weight excluding hydrogens is 244 g/mol. The molecule has 0 aromatic carbocycles. The highest BCUT2D eigenvalue weighted by Gasteiger charge is 2.12. The van der Waals surface area contributed by atoms with Gasteiger partial charge in [0, 0.05) is 20.3 Å². The molecule has 6 nitrogen and oxygen atoms in total. The molecule has 17 heavy (non-hydrogen) atoms. The lowest BCUT2D eigenvalue weighted by atomic mass is 10.2. The fraction of sp³-hybridized carbons (Fsp3) is 0.600. The number of furan rings is 1. The van der Waals surface area contributed by atoms with E-state index in [9.17, 15) is 8.42 Å². The summed E-state index contributed by atoms with van der Waals surface area (Å²) in [5.74, 6) is 0.923. The topological polar surface area (TPSA) is 94.6 Å². The molecule has 0 spiro atoms. The summed E-state index contributed by atoms with van der Waals surface area (Å²) in [6.45, 7) is 3.95. The molecule has 0 saturated carbocycles. The first-order valence-electron chi connectivity index (χ1n) is 5.24. The Hall–Kier alpha value is -0.890. The summed E-state index contributed by atoms with van der Waals surface area (Å²) in [5.41, 5.74) is 0. The van der Waals surface area contributed by atoms with Crippen LogP contribution >= 0.6 is 0 Å². The number of ether oxygens (including phenoxy) is 1. The Bertz CT molecular complexity index is 441. The highest BCUT2D eigenvalue weighted by Crippen LogP contribution is 2.11. The normalized spacial score (nSPS) is 13.8. The van der Waals surface area contributed by atoms with Crippen molar-refractivity contribution >= 4 is 10.0 Å². The number of hydrogen-bond donors (Lipinski definition) is 2. The fourth-order valence-electron chi connectivity index (χ4n) is 1.39. The van der Waals surface area contributed by atoms with E-state index >= 15 is 0 Å². The van der Waals surface area contributed by atoms with Gasteiger partial charge in [0.05, 0.1) is 6.54 Å². The first-order chi connectivity index (χ1) is 7.93. The smallest absolute Gasteiger partial charge is 0.271 e. The third-order valence-electron chi connectivity index (χ3n) is 2.16. The Balaban J connectivity index is 2.41. The lowest BCUT2D eigenvalue weighted by Crippen LogP contribution is -2.23. The van der Waals surface area contributed by atoms with Gasteiger partial charge in [-0.15, -0.1) is 0 Å². The molecular formula is C10H18N2O4S. The molecule has 1 rings (SSSR count). The molecule has 0 aliphatic rings. The number of primary sulfonamides is 1.